The summed E-state index contributed by atoms with van der Waals surface area (Å²) in [7, 11) is 0. The zero-order valence-electron chi connectivity index (χ0n) is 8.90. The van der Waals surface area contributed by atoms with Crippen molar-refractivity contribution in [2.45, 2.75) is 6.42 Å². The lowest BCUT2D eigenvalue weighted by Gasteiger charge is -2.11. The maximum Gasteiger partial charge on any atom is 0.298 e. The Labute approximate surface area is 92.9 Å². The van der Waals surface area contributed by atoms with Crippen molar-refractivity contribution in [3.8, 4) is 0 Å². The molecule has 1 aromatic carbocycles. The van der Waals surface area contributed by atoms with Crippen molar-refractivity contribution in [1.82, 2.24) is 4.98 Å². The van der Waals surface area contributed by atoms with Gasteiger partial charge in [0.2, 0.25) is 0 Å². The number of hydrogen-bond donors (Lipinski definition) is 0. The molecule has 0 amide bonds. The monoisotopic (exact) mass is 220 g/mol. The summed E-state index contributed by atoms with van der Waals surface area (Å²) in [6.07, 6.45) is 0.884. The normalized spacial score (nSPS) is 20.8. The van der Waals surface area contributed by atoms with Crippen LogP contribution < -0.4 is 4.90 Å². The second-order valence-corrected chi connectivity index (χ2v) is 4.22. The molecule has 1 saturated heterocycles. The third-order valence-electron chi connectivity index (χ3n) is 3.06. The molecule has 0 saturated carbocycles. The van der Waals surface area contributed by atoms with Crippen molar-refractivity contribution in [1.29, 1.82) is 0 Å². The molecule has 0 spiro atoms. The fourth-order valence-corrected chi connectivity index (χ4v) is 2.13. The molecule has 1 aliphatic rings. The molecule has 1 unspecified atom stereocenters. The van der Waals surface area contributed by atoms with Crippen molar-refractivity contribution < 1.29 is 8.81 Å². The molecule has 1 aliphatic heterocycles. The second kappa shape index (κ2) is 3.77. The minimum absolute atomic E-state index is 0.134. The van der Waals surface area contributed by atoms with Crippen LogP contribution in [0.2, 0.25) is 0 Å². The highest BCUT2D eigenvalue weighted by Crippen LogP contribution is 2.26. The molecule has 1 atom stereocenters. The van der Waals surface area contributed by atoms with Crippen LogP contribution in [0.25, 0.3) is 11.1 Å². The topological polar surface area (TPSA) is 29.3 Å². The first-order valence-corrected chi connectivity index (χ1v) is 5.53. The number of hydrogen-bond acceptors (Lipinski definition) is 3. The van der Waals surface area contributed by atoms with Crippen LogP contribution in [0.3, 0.4) is 0 Å². The van der Waals surface area contributed by atoms with E-state index in [1.807, 2.05) is 29.2 Å². The summed E-state index contributed by atoms with van der Waals surface area (Å²) in [5, 5.41) is 0. The van der Waals surface area contributed by atoms with Crippen molar-refractivity contribution >= 4 is 17.1 Å². The fourth-order valence-electron chi connectivity index (χ4n) is 2.13. The first-order chi connectivity index (χ1) is 7.86. The van der Waals surface area contributed by atoms with Crippen molar-refractivity contribution in [3.63, 3.8) is 0 Å². The van der Waals surface area contributed by atoms with Gasteiger partial charge >= 0.3 is 0 Å². The Kier molecular flexibility index (Phi) is 2.27. The molecular formula is C12H13FN2O. The van der Waals surface area contributed by atoms with Gasteiger partial charge in [0.05, 0.1) is 6.67 Å². The zero-order valence-corrected chi connectivity index (χ0v) is 8.90. The molecule has 0 bridgehead atoms. The van der Waals surface area contributed by atoms with Crippen LogP contribution >= 0.6 is 0 Å². The van der Waals surface area contributed by atoms with E-state index in [9.17, 15) is 4.39 Å². The fraction of sp³-hybridized carbons (Fsp3) is 0.417. The first kappa shape index (κ1) is 9.63. The molecular weight excluding hydrogens is 207 g/mol. The number of alkyl halides is 1. The van der Waals surface area contributed by atoms with E-state index in [1.54, 1.807) is 0 Å². The number of nitrogens with zero attached hydrogens (tertiary/aromatic N) is 2. The van der Waals surface area contributed by atoms with E-state index in [0.29, 0.717) is 12.6 Å². The average Bonchev–Trinajstić information content (AvgIpc) is 2.95. The number of rotatable bonds is 2. The number of para-hydroxylation sites is 2. The van der Waals surface area contributed by atoms with Gasteiger partial charge < -0.3 is 9.32 Å². The smallest absolute Gasteiger partial charge is 0.298 e. The molecule has 0 radical (unpaired) electrons. The Morgan fingerprint density at radius 2 is 2.31 bits per heavy atom. The molecule has 1 fully saturated rings. The molecule has 4 heteroatoms. The average molecular weight is 220 g/mol. The van der Waals surface area contributed by atoms with Crippen LogP contribution in [0.5, 0.6) is 0 Å². The van der Waals surface area contributed by atoms with Gasteiger partial charge in [0.15, 0.2) is 5.58 Å². The lowest BCUT2D eigenvalue weighted by Crippen LogP contribution is -2.20. The summed E-state index contributed by atoms with van der Waals surface area (Å²) in [6, 6.07) is 8.30. The molecule has 3 rings (SSSR count). The molecule has 0 N–H and O–H groups in total. The molecule has 0 aliphatic carbocycles. The highest BCUT2D eigenvalue weighted by atomic mass is 19.1. The van der Waals surface area contributed by atoms with Crippen LogP contribution in [0, 0.1) is 5.92 Å². The highest BCUT2D eigenvalue weighted by Gasteiger charge is 2.25. The van der Waals surface area contributed by atoms with E-state index < -0.39 is 0 Å². The molecule has 1 aromatic heterocycles. The lowest BCUT2D eigenvalue weighted by molar-refractivity contribution is 0.384. The van der Waals surface area contributed by atoms with Crippen LogP contribution in [-0.2, 0) is 0 Å². The summed E-state index contributed by atoms with van der Waals surface area (Å²) in [5.74, 6) is 0.134. The Hall–Kier alpha value is -1.58. The van der Waals surface area contributed by atoms with Crippen LogP contribution in [-0.4, -0.2) is 24.7 Å². The number of halogens is 1. The predicted molar refractivity (Wildman–Crippen MR) is 60.3 cm³/mol. The summed E-state index contributed by atoms with van der Waals surface area (Å²) in [4.78, 5) is 6.42. The Morgan fingerprint density at radius 1 is 1.44 bits per heavy atom. The van der Waals surface area contributed by atoms with Crippen LogP contribution in [0.15, 0.2) is 28.7 Å². The highest BCUT2D eigenvalue weighted by molar-refractivity contribution is 5.74. The number of benzene rings is 1. The van der Waals surface area contributed by atoms with Crippen LogP contribution in [0.1, 0.15) is 6.42 Å². The Morgan fingerprint density at radius 3 is 3.06 bits per heavy atom. The third-order valence-corrected chi connectivity index (χ3v) is 3.06. The summed E-state index contributed by atoms with van der Waals surface area (Å²) in [5.41, 5.74) is 1.65. The van der Waals surface area contributed by atoms with Gasteiger partial charge in [-0.05, 0) is 18.6 Å². The van der Waals surface area contributed by atoms with Gasteiger partial charge in [-0.2, -0.15) is 4.98 Å². The van der Waals surface area contributed by atoms with Crippen molar-refractivity contribution in [3.05, 3.63) is 24.3 Å². The minimum Gasteiger partial charge on any atom is -0.423 e. The summed E-state index contributed by atoms with van der Waals surface area (Å²) >= 11 is 0. The van der Waals surface area contributed by atoms with Gasteiger partial charge in [0.25, 0.3) is 6.01 Å². The molecule has 16 heavy (non-hydrogen) atoms. The zero-order chi connectivity index (χ0) is 11.0. The van der Waals surface area contributed by atoms with Crippen LogP contribution in [0.4, 0.5) is 10.4 Å². The summed E-state index contributed by atoms with van der Waals surface area (Å²) < 4.78 is 18.2. The quantitative estimate of drug-likeness (QED) is 0.779. The van der Waals surface area contributed by atoms with Gasteiger partial charge in [0.1, 0.15) is 5.52 Å². The number of fused-ring (bicyclic) bond motifs is 1. The van der Waals surface area contributed by atoms with Gasteiger partial charge in [0, 0.05) is 19.0 Å². The van der Waals surface area contributed by atoms with Gasteiger partial charge in [-0.1, -0.05) is 12.1 Å². The minimum atomic E-state index is -0.253. The molecule has 3 nitrogen and oxygen atoms in total. The number of aromatic nitrogens is 1. The first-order valence-electron chi connectivity index (χ1n) is 5.53. The third kappa shape index (κ3) is 1.54. The second-order valence-electron chi connectivity index (χ2n) is 4.22. The van der Waals surface area contributed by atoms with E-state index in [0.717, 1.165) is 24.1 Å². The largest absolute Gasteiger partial charge is 0.423 e. The SMILES string of the molecule is FCC1CCN(c2nc3ccccc3o2)C1. The van der Waals surface area contributed by atoms with Crippen molar-refractivity contribution in [2.24, 2.45) is 5.92 Å². The van der Waals surface area contributed by atoms with E-state index in [2.05, 4.69) is 4.98 Å². The number of anilines is 1. The lowest BCUT2D eigenvalue weighted by atomic mass is 10.1. The van der Waals surface area contributed by atoms with E-state index in [1.165, 1.54) is 0 Å². The number of oxazole rings is 1. The van der Waals surface area contributed by atoms with Gasteiger partial charge in [-0.25, -0.2) is 0 Å². The van der Waals surface area contributed by atoms with E-state index in [4.69, 9.17) is 4.42 Å². The standard InChI is InChI=1S/C12H13FN2O/c13-7-9-5-6-15(8-9)12-14-10-3-1-2-4-11(10)16-12/h1-4,9H,5-8H2. The van der Waals surface area contributed by atoms with Gasteiger partial charge in [-0.3, -0.25) is 4.39 Å². The van der Waals surface area contributed by atoms with E-state index >= 15 is 0 Å². The Balaban J connectivity index is 1.89. The van der Waals surface area contributed by atoms with Gasteiger partial charge in [-0.15, -0.1) is 0 Å². The Bertz CT molecular complexity index is 463. The summed E-state index contributed by atoms with van der Waals surface area (Å²) in [6.45, 7) is 1.29. The molecule has 2 heterocycles. The maximum absolute atomic E-state index is 12.5. The maximum atomic E-state index is 12.5. The predicted octanol–water partition coefficient (Wildman–Crippen LogP) is 2.62. The van der Waals surface area contributed by atoms with E-state index in [-0.39, 0.29) is 12.6 Å². The molecule has 84 valence electrons. The van der Waals surface area contributed by atoms with Crippen molar-refractivity contribution in [2.75, 3.05) is 24.7 Å². The molecule has 2 aromatic rings.